The maximum Gasteiger partial charge on any atom is 0.241 e. The summed E-state index contributed by atoms with van der Waals surface area (Å²) in [4.78, 5) is 8.06. The van der Waals surface area contributed by atoms with E-state index in [-0.39, 0.29) is 10.4 Å². The highest BCUT2D eigenvalue weighted by Gasteiger charge is 2.41. The number of H-pyrrole nitrogens is 1. The topological polar surface area (TPSA) is 86.9 Å². The maximum atomic E-state index is 12.7. The van der Waals surface area contributed by atoms with Gasteiger partial charge in [0.25, 0.3) is 0 Å². The first-order valence-electron chi connectivity index (χ1n) is 9.30. The third-order valence-corrected chi connectivity index (χ3v) is 7.20. The van der Waals surface area contributed by atoms with Gasteiger partial charge in [-0.25, -0.2) is 18.1 Å². The number of hydrogen-bond donors (Lipinski definition) is 3. The van der Waals surface area contributed by atoms with Crippen LogP contribution in [0, 0.1) is 0 Å². The van der Waals surface area contributed by atoms with Crippen molar-refractivity contribution in [3.8, 4) is 0 Å². The molecule has 3 N–H and O–H groups in total. The molecule has 1 fully saturated rings. The largest absolute Gasteiger partial charge is 0.339 e. The molecule has 7 heteroatoms. The van der Waals surface area contributed by atoms with E-state index in [2.05, 4.69) is 26.1 Å². The first-order valence-corrected chi connectivity index (χ1v) is 10.8. The second-order valence-corrected chi connectivity index (χ2v) is 9.45. The summed E-state index contributed by atoms with van der Waals surface area (Å²) in [6, 6.07) is 7.35. The molecule has 1 aromatic carbocycles. The van der Waals surface area contributed by atoms with Gasteiger partial charge in [-0.3, -0.25) is 0 Å². The van der Waals surface area contributed by atoms with Gasteiger partial charge in [0.15, 0.2) is 0 Å². The first kappa shape index (κ1) is 16.9. The number of rotatable bonds is 4. The Kier molecular flexibility index (Phi) is 3.69. The van der Waals surface area contributed by atoms with E-state index >= 15 is 0 Å². The summed E-state index contributed by atoms with van der Waals surface area (Å²) in [5.74, 6) is 0. The fourth-order valence-electron chi connectivity index (χ4n) is 3.78. The molecule has 1 aliphatic carbocycles. The second-order valence-electron chi connectivity index (χ2n) is 7.76. The van der Waals surface area contributed by atoms with E-state index in [9.17, 15) is 8.42 Å². The van der Waals surface area contributed by atoms with Gasteiger partial charge in [-0.05, 0) is 62.1 Å². The van der Waals surface area contributed by atoms with Crippen LogP contribution in [0.2, 0.25) is 0 Å². The lowest BCUT2D eigenvalue weighted by Gasteiger charge is -2.15. The Morgan fingerprint density at radius 3 is 2.81 bits per heavy atom. The quantitative estimate of drug-likeness (QED) is 0.647. The third kappa shape index (κ3) is 2.96. The number of aromatic amines is 1. The Balaban J connectivity index is 1.65. The van der Waals surface area contributed by atoms with Gasteiger partial charge in [0.2, 0.25) is 10.0 Å². The molecule has 2 aliphatic rings. The molecule has 27 heavy (non-hydrogen) atoms. The van der Waals surface area contributed by atoms with Gasteiger partial charge < -0.3 is 10.3 Å². The molecular weight excluding hydrogens is 360 g/mol. The maximum absolute atomic E-state index is 12.7. The van der Waals surface area contributed by atoms with Gasteiger partial charge in [-0.15, -0.1) is 0 Å². The van der Waals surface area contributed by atoms with Crippen LogP contribution in [-0.4, -0.2) is 37.0 Å². The summed E-state index contributed by atoms with van der Waals surface area (Å²) in [7, 11) is -3.53. The molecule has 0 saturated heterocycles. The smallest absolute Gasteiger partial charge is 0.241 e. The van der Waals surface area contributed by atoms with E-state index in [1.165, 1.54) is 11.1 Å². The van der Waals surface area contributed by atoms with Crippen molar-refractivity contribution in [3.05, 3.63) is 42.1 Å². The van der Waals surface area contributed by atoms with Crippen LogP contribution >= 0.6 is 0 Å². The van der Waals surface area contributed by atoms with E-state index in [1.54, 1.807) is 12.1 Å². The van der Waals surface area contributed by atoms with Crippen molar-refractivity contribution in [2.24, 2.45) is 0 Å². The zero-order valence-electron chi connectivity index (χ0n) is 15.2. The third-order valence-electron chi connectivity index (χ3n) is 5.57. The number of sulfonamides is 1. The molecule has 140 valence electrons. The van der Waals surface area contributed by atoms with E-state index in [0.29, 0.717) is 0 Å². The van der Waals surface area contributed by atoms with Crippen LogP contribution in [-0.2, 0) is 10.0 Å². The predicted octanol–water partition coefficient (Wildman–Crippen LogP) is 2.92. The van der Waals surface area contributed by atoms with E-state index in [4.69, 9.17) is 0 Å². The van der Waals surface area contributed by atoms with Crippen molar-refractivity contribution < 1.29 is 8.42 Å². The summed E-state index contributed by atoms with van der Waals surface area (Å²) in [5, 5.41) is 5.40. The lowest BCUT2D eigenvalue weighted by Crippen LogP contribution is -2.34. The summed E-state index contributed by atoms with van der Waals surface area (Å²) in [6.45, 7) is 3.77. The molecule has 2 aromatic heterocycles. The van der Waals surface area contributed by atoms with Crippen LogP contribution < -0.4 is 10.0 Å². The molecule has 3 aromatic rings. The van der Waals surface area contributed by atoms with Crippen LogP contribution in [0.25, 0.3) is 27.5 Å². The standard InChI is InChI=1S/C20H22N4O2S/c1-20(7-8-20)24-27(25,26)14-2-3-16-17(12-14)23-19-18(16)15(6-11-22-19)13-4-9-21-10-5-13/h2-4,6,11-12,21,24H,5,7-10H2,1H3,(H,22,23). The highest BCUT2D eigenvalue weighted by Crippen LogP contribution is 2.37. The van der Waals surface area contributed by atoms with E-state index < -0.39 is 10.0 Å². The monoisotopic (exact) mass is 382 g/mol. The molecule has 0 radical (unpaired) electrons. The Morgan fingerprint density at radius 2 is 2.07 bits per heavy atom. The molecule has 5 rings (SSSR count). The fraction of sp³-hybridized carbons (Fsp3) is 0.350. The number of hydrogen-bond acceptors (Lipinski definition) is 4. The second kappa shape index (κ2) is 5.89. The zero-order chi connectivity index (χ0) is 18.6. The molecule has 0 unspecified atom stereocenters. The van der Waals surface area contributed by atoms with Crippen LogP contribution in [0.4, 0.5) is 0 Å². The van der Waals surface area contributed by atoms with E-state index in [1.807, 2.05) is 25.3 Å². The lowest BCUT2D eigenvalue weighted by atomic mass is 9.97. The summed E-state index contributed by atoms with van der Waals surface area (Å²) in [6.07, 6.45) is 6.77. The Hall–Kier alpha value is -2.22. The highest BCUT2D eigenvalue weighted by atomic mass is 32.2. The number of aromatic nitrogens is 2. The number of nitrogens with one attached hydrogen (secondary N) is 3. The van der Waals surface area contributed by atoms with Gasteiger partial charge in [-0.1, -0.05) is 12.1 Å². The molecule has 1 aliphatic heterocycles. The summed E-state index contributed by atoms with van der Waals surface area (Å²) >= 11 is 0. The molecular formula is C20H22N4O2S. The van der Waals surface area contributed by atoms with Crippen molar-refractivity contribution >= 4 is 37.5 Å². The zero-order valence-corrected chi connectivity index (χ0v) is 16.0. The van der Waals surface area contributed by atoms with Gasteiger partial charge in [0, 0.05) is 34.6 Å². The van der Waals surface area contributed by atoms with Gasteiger partial charge in [-0.2, -0.15) is 0 Å². The van der Waals surface area contributed by atoms with Crippen LogP contribution in [0.5, 0.6) is 0 Å². The van der Waals surface area contributed by atoms with Crippen molar-refractivity contribution in [3.63, 3.8) is 0 Å². The normalized spacial score (nSPS) is 19.4. The lowest BCUT2D eigenvalue weighted by molar-refractivity contribution is 0.558. The molecule has 3 heterocycles. The summed E-state index contributed by atoms with van der Waals surface area (Å²) in [5.41, 5.74) is 3.78. The molecule has 0 atom stereocenters. The number of pyridine rings is 1. The average Bonchev–Trinajstić information content (AvgIpc) is 3.25. The fourth-order valence-corrected chi connectivity index (χ4v) is 5.27. The highest BCUT2D eigenvalue weighted by molar-refractivity contribution is 7.89. The number of fused-ring (bicyclic) bond motifs is 3. The molecule has 0 spiro atoms. The van der Waals surface area contributed by atoms with E-state index in [0.717, 1.165) is 54.3 Å². The molecule has 6 nitrogen and oxygen atoms in total. The molecule has 1 saturated carbocycles. The number of benzene rings is 1. The minimum atomic E-state index is -3.53. The van der Waals surface area contributed by atoms with Crippen LogP contribution in [0.15, 0.2) is 41.4 Å². The van der Waals surface area contributed by atoms with Crippen LogP contribution in [0.3, 0.4) is 0 Å². The molecule has 0 bridgehead atoms. The minimum absolute atomic E-state index is 0.287. The van der Waals surface area contributed by atoms with Gasteiger partial charge in [0.1, 0.15) is 5.65 Å². The number of nitrogens with zero attached hydrogens (tertiary/aromatic N) is 1. The Morgan fingerprint density at radius 1 is 1.22 bits per heavy atom. The van der Waals surface area contributed by atoms with Crippen molar-refractivity contribution in [1.82, 2.24) is 20.0 Å². The Bertz CT molecular complexity index is 1190. The minimum Gasteiger partial charge on any atom is -0.339 e. The van der Waals surface area contributed by atoms with Crippen molar-refractivity contribution in [2.75, 3.05) is 13.1 Å². The van der Waals surface area contributed by atoms with Gasteiger partial charge >= 0.3 is 0 Å². The predicted molar refractivity (Wildman–Crippen MR) is 107 cm³/mol. The van der Waals surface area contributed by atoms with Gasteiger partial charge in [0.05, 0.1) is 4.90 Å². The summed E-state index contributed by atoms with van der Waals surface area (Å²) < 4.78 is 28.2. The molecule has 0 amide bonds. The average molecular weight is 382 g/mol. The van der Waals surface area contributed by atoms with Crippen LogP contribution in [0.1, 0.15) is 31.7 Å². The van der Waals surface area contributed by atoms with Crippen molar-refractivity contribution in [1.29, 1.82) is 0 Å². The van der Waals surface area contributed by atoms with Crippen molar-refractivity contribution in [2.45, 2.75) is 36.6 Å². The Labute approximate surface area is 158 Å². The first-order chi connectivity index (χ1) is 13.0. The SMILES string of the molecule is CC1(NS(=O)(=O)c2ccc3c(c2)[nH]c2nccc(C4=CCNCC4)c23)CC1.